The molecule has 1 saturated heterocycles. The zero-order valence-electron chi connectivity index (χ0n) is 8.79. The van der Waals surface area contributed by atoms with Gasteiger partial charge in [-0.25, -0.2) is 0 Å². The van der Waals surface area contributed by atoms with Gasteiger partial charge in [-0.2, -0.15) is 0 Å². The Morgan fingerprint density at radius 2 is 2.00 bits per heavy atom. The molecule has 13 heavy (non-hydrogen) atoms. The summed E-state index contributed by atoms with van der Waals surface area (Å²) in [6, 6.07) is 0. The third kappa shape index (κ3) is 2.78. The van der Waals surface area contributed by atoms with Gasteiger partial charge in [-0.15, -0.1) is 0 Å². The largest absolute Gasteiger partial charge is 0.346 e. The molecule has 1 aliphatic heterocycles. The average Bonchev–Trinajstić information content (AvgIpc) is 2.03. The monoisotopic (exact) mass is 186 g/mol. The van der Waals surface area contributed by atoms with E-state index < -0.39 is 6.29 Å². The highest BCUT2D eigenvalue weighted by atomic mass is 16.7. The van der Waals surface area contributed by atoms with Crippen LogP contribution in [-0.4, -0.2) is 24.8 Å². The minimum absolute atomic E-state index is 0.0473. The van der Waals surface area contributed by atoms with Crippen LogP contribution in [0.3, 0.4) is 0 Å². The van der Waals surface area contributed by atoms with E-state index in [1.807, 2.05) is 0 Å². The fraction of sp³-hybridized carbons (Fsp3) is 0.900. The van der Waals surface area contributed by atoms with Gasteiger partial charge in [-0.05, 0) is 18.8 Å². The lowest BCUT2D eigenvalue weighted by atomic mass is 9.87. The Bertz CT molecular complexity index is 193. The first kappa shape index (κ1) is 10.7. The van der Waals surface area contributed by atoms with Crippen LogP contribution in [0, 0.1) is 5.41 Å². The summed E-state index contributed by atoms with van der Waals surface area (Å²) in [6.45, 7) is 8.45. The number of Topliss-reactive ketones (excluding diaryl/α,β-unsaturated/α-hetero) is 1. The molecule has 1 rings (SSSR count). The van der Waals surface area contributed by atoms with Gasteiger partial charge in [-0.1, -0.05) is 20.8 Å². The number of rotatable bonds is 1. The molecule has 0 N–H and O–H groups in total. The van der Waals surface area contributed by atoms with Crippen molar-refractivity contribution < 1.29 is 14.3 Å². The second kappa shape index (κ2) is 3.76. The molecule has 0 aromatic heterocycles. The van der Waals surface area contributed by atoms with Crippen LogP contribution in [-0.2, 0) is 14.3 Å². The van der Waals surface area contributed by atoms with Crippen LogP contribution in [0.15, 0.2) is 0 Å². The summed E-state index contributed by atoms with van der Waals surface area (Å²) in [4.78, 5) is 11.0. The minimum atomic E-state index is -0.641. The van der Waals surface area contributed by atoms with E-state index in [0.29, 0.717) is 6.61 Å². The predicted molar refractivity (Wildman–Crippen MR) is 49.4 cm³/mol. The van der Waals surface area contributed by atoms with Gasteiger partial charge in [0.15, 0.2) is 5.78 Å². The molecule has 0 amide bonds. The van der Waals surface area contributed by atoms with Gasteiger partial charge in [0.2, 0.25) is 6.29 Å². The molecule has 0 bridgehead atoms. The molecular weight excluding hydrogens is 168 g/mol. The fourth-order valence-electron chi connectivity index (χ4n) is 1.39. The van der Waals surface area contributed by atoms with Crippen molar-refractivity contribution in [3.05, 3.63) is 0 Å². The van der Waals surface area contributed by atoms with E-state index in [0.717, 1.165) is 6.42 Å². The third-order valence-electron chi connectivity index (χ3n) is 2.23. The molecule has 2 atom stereocenters. The number of hydrogen-bond donors (Lipinski definition) is 0. The van der Waals surface area contributed by atoms with E-state index in [1.165, 1.54) is 6.92 Å². The number of ether oxygens (including phenoxy) is 2. The maximum absolute atomic E-state index is 11.0. The summed E-state index contributed by atoms with van der Waals surface area (Å²) >= 11 is 0. The third-order valence-corrected chi connectivity index (χ3v) is 2.23. The van der Waals surface area contributed by atoms with Crippen molar-refractivity contribution >= 4 is 5.78 Å². The molecule has 76 valence electrons. The summed E-state index contributed by atoms with van der Waals surface area (Å²) in [5.41, 5.74) is 0.0808. The Labute approximate surface area is 79.4 Å². The van der Waals surface area contributed by atoms with E-state index in [9.17, 15) is 4.79 Å². The van der Waals surface area contributed by atoms with Gasteiger partial charge in [0.1, 0.15) is 0 Å². The molecule has 0 spiro atoms. The van der Waals surface area contributed by atoms with Crippen molar-refractivity contribution in [3.63, 3.8) is 0 Å². The second-order valence-electron chi connectivity index (χ2n) is 4.59. The number of hydrogen-bond acceptors (Lipinski definition) is 3. The van der Waals surface area contributed by atoms with Crippen LogP contribution in [0.2, 0.25) is 0 Å². The van der Waals surface area contributed by atoms with Gasteiger partial charge in [0, 0.05) is 0 Å². The quantitative estimate of drug-likeness (QED) is 0.626. The summed E-state index contributed by atoms with van der Waals surface area (Å²) in [5, 5.41) is 0. The maximum atomic E-state index is 11.0. The SMILES string of the molecule is CC(=O)[C@H]1OCC[C@@H](C(C)(C)C)O1. The number of carbonyl (C=O) groups excluding carboxylic acids is 1. The lowest BCUT2D eigenvalue weighted by Crippen LogP contribution is -2.42. The van der Waals surface area contributed by atoms with Crippen molar-refractivity contribution in [1.29, 1.82) is 0 Å². The Hall–Kier alpha value is -0.410. The van der Waals surface area contributed by atoms with Crippen molar-refractivity contribution in [1.82, 2.24) is 0 Å². The van der Waals surface area contributed by atoms with Crippen LogP contribution >= 0.6 is 0 Å². The fourth-order valence-corrected chi connectivity index (χ4v) is 1.39. The second-order valence-corrected chi connectivity index (χ2v) is 4.59. The van der Waals surface area contributed by atoms with Gasteiger partial charge in [-0.3, -0.25) is 4.79 Å². The first-order chi connectivity index (χ1) is 5.91. The van der Waals surface area contributed by atoms with Crippen LogP contribution in [0.25, 0.3) is 0 Å². The van der Waals surface area contributed by atoms with Crippen LogP contribution in [0.4, 0.5) is 0 Å². The topological polar surface area (TPSA) is 35.5 Å². The van der Waals surface area contributed by atoms with Crippen molar-refractivity contribution in [2.75, 3.05) is 6.61 Å². The van der Waals surface area contributed by atoms with Gasteiger partial charge >= 0.3 is 0 Å². The molecule has 1 fully saturated rings. The van der Waals surface area contributed by atoms with E-state index in [4.69, 9.17) is 9.47 Å². The van der Waals surface area contributed by atoms with Crippen LogP contribution in [0.5, 0.6) is 0 Å². The molecule has 0 radical (unpaired) electrons. The summed E-state index contributed by atoms with van der Waals surface area (Å²) in [5.74, 6) is -0.0473. The van der Waals surface area contributed by atoms with E-state index in [1.54, 1.807) is 0 Å². The molecule has 0 saturated carbocycles. The highest BCUT2D eigenvalue weighted by Crippen LogP contribution is 2.29. The Morgan fingerprint density at radius 3 is 2.46 bits per heavy atom. The molecule has 1 aliphatic rings. The Morgan fingerprint density at radius 1 is 1.38 bits per heavy atom. The lowest BCUT2D eigenvalue weighted by molar-refractivity contribution is -0.226. The molecular formula is C10H18O3. The first-order valence-corrected chi connectivity index (χ1v) is 4.69. The average molecular weight is 186 g/mol. The summed E-state index contributed by atoms with van der Waals surface area (Å²) < 4.78 is 10.7. The zero-order chi connectivity index (χ0) is 10.1. The normalized spacial score (nSPS) is 30.2. The number of ketones is 1. The van der Waals surface area contributed by atoms with Gasteiger partial charge in [0.05, 0.1) is 12.7 Å². The Kier molecular flexibility index (Phi) is 3.09. The molecule has 3 heteroatoms. The minimum Gasteiger partial charge on any atom is -0.346 e. The zero-order valence-corrected chi connectivity index (χ0v) is 8.79. The van der Waals surface area contributed by atoms with Crippen LogP contribution < -0.4 is 0 Å². The van der Waals surface area contributed by atoms with E-state index >= 15 is 0 Å². The molecule has 0 aromatic rings. The highest BCUT2D eigenvalue weighted by molar-refractivity contribution is 5.79. The molecule has 3 nitrogen and oxygen atoms in total. The van der Waals surface area contributed by atoms with Gasteiger partial charge < -0.3 is 9.47 Å². The van der Waals surface area contributed by atoms with Crippen molar-refractivity contribution in [2.24, 2.45) is 5.41 Å². The van der Waals surface area contributed by atoms with E-state index in [-0.39, 0.29) is 17.3 Å². The van der Waals surface area contributed by atoms with Crippen molar-refractivity contribution in [3.8, 4) is 0 Å². The summed E-state index contributed by atoms with van der Waals surface area (Å²) in [6.07, 6.45) is 0.348. The molecule has 0 aromatic carbocycles. The lowest BCUT2D eigenvalue weighted by Gasteiger charge is -2.36. The maximum Gasteiger partial charge on any atom is 0.217 e. The standard InChI is InChI=1S/C10H18O3/c1-7(11)9-12-6-5-8(13-9)10(2,3)4/h8-9H,5-6H2,1-4H3/t8-,9-/m0/s1. The number of carbonyl (C=O) groups is 1. The Balaban J connectivity index is 2.57. The first-order valence-electron chi connectivity index (χ1n) is 4.69. The van der Waals surface area contributed by atoms with E-state index in [2.05, 4.69) is 20.8 Å². The highest BCUT2D eigenvalue weighted by Gasteiger charge is 2.33. The predicted octanol–water partition coefficient (Wildman–Crippen LogP) is 1.75. The molecule has 0 unspecified atom stereocenters. The van der Waals surface area contributed by atoms with Gasteiger partial charge in [0.25, 0.3) is 0 Å². The van der Waals surface area contributed by atoms with Crippen LogP contribution in [0.1, 0.15) is 34.1 Å². The smallest absolute Gasteiger partial charge is 0.217 e. The van der Waals surface area contributed by atoms with Crippen molar-refractivity contribution in [2.45, 2.75) is 46.5 Å². The summed E-state index contributed by atoms with van der Waals surface area (Å²) in [7, 11) is 0. The molecule has 0 aliphatic carbocycles. The molecule has 1 heterocycles.